The van der Waals surface area contributed by atoms with Crippen LogP contribution in [0.3, 0.4) is 0 Å². The molecule has 3 nitrogen and oxygen atoms in total. The van der Waals surface area contributed by atoms with Crippen molar-refractivity contribution < 1.29 is 14.6 Å². The molecule has 2 aromatic rings. The van der Waals surface area contributed by atoms with E-state index in [2.05, 4.69) is 0 Å². The van der Waals surface area contributed by atoms with Crippen LogP contribution in [0.5, 0.6) is 5.75 Å². The van der Waals surface area contributed by atoms with Gasteiger partial charge in [-0.1, -0.05) is 40.9 Å². The van der Waals surface area contributed by atoms with E-state index >= 15 is 0 Å². The molecule has 0 aliphatic rings. The first-order valence-electron chi connectivity index (χ1n) is 5.57. The van der Waals surface area contributed by atoms with E-state index in [0.717, 1.165) is 0 Å². The number of carbonyl (C=O) groups excluding carboxylic acids is 1. The van der Waals surface area contributed by atoms with Crippen LogP contribution in [0.4, 0.5) is 0 Å². The van der Waals surface area contributed by atoms with Crippen molar-refractivity contribution in [3.05, 3.63) is 62.6 Å². The monoisotopic (exact) mass is 330 g/mol. The largest absolute Gasteiger partial charge is 0.507 e. The van der Waals surface area contributed by atoms with Gasteiger partial charge in [0.1, 0.15) is 17.9 Å². The molecule has 0 saturated heterocycles. The number of phenolic OH excluding ortho intramolecular Hbond substituents is 1. The van der Waals surface area contributed by atoms with Crippen LogP contribution in [-0.4, -0.2) is 11.1 Å². The molecule has 1 N–H and O–H groups in total. The van der Waals surface area contributed by atoms with Gasteiger partial charge in [-0.3, -0.25) is 0 Å². The molecule has 104 valence electrons. The number of phenols is 1. The Hall–Kier alpha value is -1.42. The van der Waals surface area contributed by atoms with Crippen LogP contribution in [0.1, 0.15) is 15.9 Å². The van der Waals surface area contributed by atoms with Crippen molar-refractivity contribution in [1.82, 2.24) is 0 Å². The van der Waals surface area contributed by atoms with Gasteiger partial charge in [0.05, 0.1) is 10.0 Å². The number of rotatable bonds is 3. The maximum atomic E-state index is 11.8. The van der Waals surface area contributed by atoms with Crippen molar-refractivity contribution in [3.8, 4) is 5.75 Å². The third-order valence-electron chi connectivity index (χ3n) is 2.53. The van der Waals surface area contributed by atoms with E-state index in [-0.39, 0.29) is 17.9 Å². The highest BCUT2D eigenvalue weighted by Gasteiger charge is 2.13. The van der Waals surface area contributed by atoms with Crippen molar-refractivity contribution in [2.75, 3.05) is 0 Å². The van der Waals surface area contributed by atoms with E-state index in [4.69, 9.17) is 39.5 Å². The molecule has 0 atom stereocenters. The molecule has 6 heteroatoms. The molecule has 0 bridgehead atoms. The molecule has 0 amide bonds. The predicted molar refractivity (Wildman–Crippen MR) is 78.7 cm³/mol. The lowest BCUT2D eigenvalue weighted by molar-refractivity contribution is 0.0469. The molecule has 2 aromatic carbocycles. The fraction of sp³-hybridized carbons (Fsp3) is 0.0714. The minimum Gasteiger partial charge on any atom is -0.507 e. The fourth-order valence-electron chi connectivity index (χ4n) is 1.53. The van der Waals surface area contributed by atoms with E-state index in [9.17, 15) is 9.90 Å². The van der Waals surface area contributed by atoms with Crippen LogP contribution in [0, 0.1) is 0 Å². The Bertz CT molecular complexity index is 656. The third-order valence-corrected chi connectivity index (χ3v) is 3.51. The number of esters is 1. The van der Waals surface area contributed by atoms with Crippen LogP contribution in [-0.2, 0) is 11.3 Å². The number of hydrogen-bond donors (Lipinski definition) is 1. The number of hydrogen-bond acceptors (Lipinski definition) is 3. The fourth-order valence-corrected chi connectivity index (χ4v) is 2.02. The quantitative estimate of drug-likeness (QED) is 0.829. The summed E-state index contributed by atoms with van der Waals surface area (Å²) in [4.78, 5) is 11.8. The summed E-state index contributed by atoms with van der Waals surface area (Å²) in [5, 5.41) is 10.7. The normalized spacial score (nSPS) is 10.3. The molecular formula is C14H9Cl3O3. The highest BCUT2D eigenvalue weighted by Crippen LogP contribution is 2.25. The summed E-state index contributed by atoms with van der Waals surface area (Å²) in [6.45, 7) is 0.0156. The van der Waals surface area contributed by atoms with Gasteiger partial charge in [0.25, 0.3) is 0 Å². The lowest BCUT2D eigenvalue weighted by Gasteiger charge is -2.07. The Morgan fingerprint density at radius 3 is 2.50 bits per heavy atom. The first-order chi connectivity index (χ1) is 9.47. The van der Waals surface area contributed by atoms with Crippen molar-refractivity contribution in [2.24, 2.45) is 0 Å². The van der Waals surface area contributed by atoms with Gasteiger partial charge in [0.2, 0.25) is 0 Å². The van der Waals surface area contributed by atoms with Crippen molar-refractivity contribution in [3.63, 3.8) is 0 Å². The first-order valence-corrected chi connectivity index (χ1v) is 6.70. The number of halogens is 3. The summed E-state index contributed by atoms with van der Waals surface area (Å²) in [6.07, 6.45) is 0. The van der Waals surface area contributed by atoms with Gasteiger partial charge in [-0.25, -0.2) is 4.79 Å². The molecule has 2 rings (SSSR count). The standard InChI is InChI=1S/C14H9Cl3O3/c15-9-2-4-13(18)10(6-9)14(19)20-7-8-1-3-11(16)12(17)5-8/h1-6,18H,7H2. The molecule has 0 aliphatic carbocycles. The van der Waals surface area contributed by atoms with E-state index in [1.807, 2.05) is 0 Å². The van der Waals surface area contributed by atoms with Crippen molar-refractivity contribution in [2.45, 2.75) is 6.61 Å². The molecule has 20 heavy (non-hydrogen) atoms. The van der Waals surface area contributed by atoms with Gasteiger partial charge in [-0.15, -0.1) is 0 Å². The number of carbonyl (C=O) groups is 1. The van der Waals surface area contributed by atoms with Gasteiger partial charge in [0.15, 0.2) is 0 Å². The minimum atomic E-state index is -0.670. The third kappa shape index (κ3) is 3.57. The van der Waals surface area contributed by atoms with E-state index in [1.54, 1.807) is 18.2 Å². The smallest absolute Gasteiger partial charge is 0.342 e. The summed E-state index contributed by atoms with van der Waals surface area (Å²) in [7, 11) is 0. The summed E-state index contributed by atoms with van der Waals surface area (Å²) >= 11 is 17.4. The van der Waals surface area contributed by atoms with Crippen LogP contribution < -0.4 is 0 Å². The Morgan fingerprint density at radius 2 is 1.80 bits per heavy atom. The average molecular weight is 332 g/mol. The summed E-state index contributed by atoms with van der Waals surface area (Å²) in [5.41, 5.74) is 0.701. The molecule has 0 saturated carbocycles. The summed E-state index contributed by atoms with van der Waals surface area (Å²) in [6, 6.07) is 9.07. The zero-order chi connectivity index (χ0) is 14.7. The van der Waals surface area contributed by atoms with Gasteiger partial charge in [-0.05, 0) is 35.9 Å². The molecule has 0 spiro atoms. The Morgan fingerprint density at radius 1 is 1.05 bits per heavy atom. The minimum absolute atomic E-state index is 0.0116. The number of aromatic hydroxyl groups is 1. The van der Waals surface area contributed by atoms with Crippen LogP contribution >= 0.6 is 34.8 Å². The highest BCUT2D eigenvalue weighted by atomic mass is 35.5. The maximum Gasteiger partial charge on any atom is 0.342 e. The molecule has 0 heterocycles. The Balaban J connectivity index is 2.08. The van der Waals surface area contributed by atoms with Gasteiger partial charge < -0.3 is 9.84 Å². The predicted octanol–water partition coefficient (Wildman–Crippen LogP) is 4.71. The van der Waals surface area contributed by atoms with Crippen LogP contribution in [0.15, 0.2) is 36.4 Å². The number of ether oxygens (including phenoxy) is 1. The van der Waals surface area contributed by atoms with Crippen molar-refractivity contribution >= 4 is 40.8 Å². The van der Waals surface area contributed by atoms with Gasteiger partial charge in [0, 0.05) is 5.02 Å². The maximum absolute atomic E-state index is 11.8. The highest BCUT2D eigenvalue weighted by molar-refractivity contribution is 6.42. The average Bonchev–Trinajstić information content (AvgIpc) is 2.42. The van der Waals surface area contributed by atoms with Crippen molar-refractivity contribution in [1.29, 1.82) is 0 Å². The molecule has 0 unspecified atom stereocenters. The van der Waals surface area contributed by atoms with Gasteiger partial charge in [-0.2, -0.15) is 0 Å². The SMILES string of the molecule is O=C(OCc1ccc(Cl)c(Cl)c1)c1cc(Cl)ccc1O. The lowest BCUT2D eigenvalue weighted by Crippen LogP contribution is -2.05. The molecular weight excluding hydrogens is 323 g/mol. The number of benzene rings is 2. The van der Waals surface area contributed by atoms with Gasteiger partial charge >= 0.3 is 5.97 Å². The first kappa shape index (κ1) is 15.0. The van der Waals surface area contributed by atoms with E-state index in [1.165, 1.54) is 18.2 Å². The van der Waals surface area contributed by atoms with E-state index in [0.29, 0.717) is 20.6 Å². The zero-order valence-corrected chi connectivity index (χ0v) is 12.3. The second-order valence-electron chi connectivity index (χ2n) is 3.99. The second kappa shape index (κ2) is 6.35. The van der Waals surface area contributed by atoms with E-state index < -0.39 is 5.97 Å². The lowest BCUT2D eigenvalue weighted by atomic mass is 10.2. The summed E-state index contributed by atoms with van der Waals surface area (Å²) < 4.78 is 5.09. The Labute approximate surface area is 130 Å². The van der Waals surface area contributed by atoms with Crippen LogP contribution in [0.25, 0.3) is 0 Å². The molecule has 0 radical (unpaired) electrons. The Kier molecular flexibility index (Phi) is 4.76. The summed E-state index contributed by atoms with van der Waals surface area (Å²) in [5.74, 6) is -0.857. The second-order valence-corrected chi connectivity index (χ2v) is 5.24. The molecule has 0 aromatic heterocycles. The molecule has 0 aliphatic heterocycles. The molecule has 0 fully saturated rings. The van der Waals surface area contributed by atoms with Crippen LogP contribution in [0.2, 0.25) is 15.1 Å². The zero-order valence-electron chi connectivity index (χ0n) is 10.1. The topological polar surface area (TPSA) is 46.5 Å².